The largest absolute Gasteiger partial charge is 0.433 e. The van der Waals surface area contributed by atoms with Gasteiger partial charge in [-0.3, -0.25) is 4.79 Å². The zero-order valence-electron chi connectivity index (χ0n) is 12.9. The number of benzene rings is 2. The summed E-state index contributed by atoms with van der Waals surface area (Å²) in [6.07, 6.45) is -4.55. The van der Waals surface area contributed by atoms with Crippen molar-refractivity contribution in [2.75, 3.05) is 17.2 Å². The highest BCUT2D eigenvalue weighted by Gasteiger charge is 2.33. The van der Waals surface area contributed by atoms with Crippen LogP contribution in [0.2, 0.25) is 0 Å². The van der Waals surface area contributed by atoms with Gasteiger partial charge in [-0.2, -0.15) is 22.0 Å². The topological polar surface area (TPSA) is 50.4 Å². The van der Waals surface area contributed by atoms with Gasteiger partial charge in [-0.25, -0.2) is 0 Å². The fourth-order valence-corrected chi connectivity index (χ4v) is 2.47. The van der Waals surface area contributed by atoms with E-state index in [1.807, 2.05) is 0 Å². The average Bonchev–Trinajstić information content (AvgIpc) is 2.54. The van der Waals surface area contributed by atoms with E-state index in [1.165, 1.54) is 36.4 Å². The molecule has 0 atom stereocenters. The average molecular weight is 439 g/mol. The molecule has 2 rings (SSSR count). The molecule has 0 aliphatic heterocycles. The van der Waals surface area contributed by atoms with Gasteiger partial charge in [0.1, 0.15) is 5.75 Å². The molecule has 10 heteroatoms. The maximum atomic E-state index is 12.9. The molecule has 0 aromatic heterocycles. The van der Waals surface area contributed by atoms with Crippen molar-refractivity contribution in [1.82, 2.24) is 0 Å². The summed E-state index contributed by atoms with van der Waals surface area (Å²) in [4.78, 5) is 11.9. The van der Waals surface area contributed by atoms with E-state index in [0.29, 0.717) is 0 Å². The molecular formula is C16H12BrF5N2O2. The Kier molecular flexibility index (Phi) is 6.41. The lowest BCUT2D eigenvalue weighted by atomic mass is 10.2. The van der Waals surface area contributed by atoms with E-state index in [-0.39, 0.29) is 28.1 Å². The molecule has 1 amide bonds. The standard InChI is InChI=1S/C16H12BrF5N2O2/c17-11-6-5-9(7-10(11)16(20,21)22)23-8-14(25)24-12-3-1-2-4-13(12)26-15(18)19/h1-7,15,23H,8H2,(H,24,25). The first-order valence-corrected chi connectivity index (χ1v) is 7.90. The van der Waals surface area contributed by atoms with Crippen LogP contribution in [-0.4, -0.2) is 19.1 Å². The van der Waals surface area contributed by atoms with Crippen molar-refractivity contribution in [2.24, 2.45) is 0 Å². The molecular weight excluding hydrogens is 427 g/mol. The van der Waals surface area contributed by atoms with Gasteiger partial charge in [0, 0.05) is 10.2 Å². The molecule has 4 nitrogen and oxygen atoms in total. The zero-order valence-corrected chi connectivity index (χ0v) is 14.5. The number of nitrogens with one attached hydrogen (secondary N) is 2. The molecule has 2 aromatic rings. The summed E-state index contributed by atoms with van der Waals surface area (Å²) in [5.41, 5.74) is -0.794. The monoisotopic (exact) mass is 438 g/mol. The molecule has 0 heterocycles. The predicted octanol–water partition coefficient (Wildman–Crippen LogP) is 5.12. The van der Waals surface area contributed by atoms with E-state index in [1.54, 1.807) is 0 Å². The van der Waals surface area contributed by atoms with Crippen molar-refractivity contribution >= 4 is 33.2 Å². The Labute approximate surface area is 153 Å². The summed E-state index contributed by atoms with van der Waals surface area (Å²) in [5.74, 6) is -0.870. The number of carbonyl (C=O) groups excluding carboxylic acids is 1. The summed E-state index contributed by atoms with van der Waals surface area (Å²) in [6.45, 7) is -3.43. The number of alkyl halides is 5. The van der Waals surface area contributed by atoms with E-state index in [4.69, 9.17) is 0 Å². The van der Waals surface area contributed by atoms with Crippen LogP contribution in [0.15, 0.2) is 46.9 Å². The summed E-state index contributed by atoms with van der Waals surface area (Å²) < 4.78 is 67.4. The molecule has 0 spiro atoms. The number of carbonyl (C=O) groups is 1. The Morgan fingerprint density at radius 3 is 2.50 bits per heavy atom. The molecule has 0 aliphatic rings. The number of anilines is 2. The number of halogens is 6. The Morgan fingerprint density at radius 1 is 1.15 bits per heavy atom. The molecule has 0 saturated heterocycles. The number of rotatable bonds is 6. The molecule has 140 valence electrons. The van der Waals surface area contributed by atoms with Crippen molar-refractivity contribution in [2.45, 2.75) is 12.8 Å². The maximum absolute atomic E-state index is 12.9. The first kappa shape index (κ1) is 20.0. The molecule has 0 fully saturated rings. The fraction of sp³-hybridized carbons (Fsp3) is 0.188. The SMILES string of the molecule is O=C(CNc1ccc(Br)c(C(F)(F)F)c1)Nc1ccccc1OC(F)F. The summed E-state index contributed by atoms with van der Waals surface area (Å²) in [6, 6.07) is 8.98. The van der Waals surface area contributed by atoms with E-state index in [2.05, 4.69) is 31.3 Å². The molecule has 0 aliphatic carbocycles. The van der Waals surface area contributed by atoms with Gasteiger partial charge in [-0.1, -0.05) is 28.1 Å². The minimum atomic E-state index is -4.55. The fourth-order valence-electron chi connectivity index (χ4n) is 2.00. The second kappa shape index (κ2) is 8.35. The number of ether oxygens (including phenoxy) is 1. The normalized spacial score (nSPS) is 11.3. The smallest absolute Gasteiger partial charge is 0.417 e. The van der Waals surface area contributed by atoms with Gasteiger partial charge >= 0.3 is 12.8 Å². The van der Waals surface area contributed by atoms with Crippen LogP contribution in [-0.2, 0) is 11.0 Å². The Bertz CT molecular complexity index is 783. The summed E-state index contributed by atoms with van der Waals surface area (Å²) in [5, 5.41) is 4.89. The minimum Gasteiger partial charge on any atom is -0.433 e. The highest BCUT2D eigenvalue weighted by atomic mass is 79.9. The van der Waals surface area contributed by atoms with Gasteiger partial charge in [0.15, 0.2) is 0 Å². The quantitative estimate of drug-likeness (QED) is 0.615. The molecule has 0 unspecified atom stereocenters. The highest BCUT2D eigenvalue weighted by Crippen LogP contribution is 2.36. The second-order valence-electron chi connectivity index (χ2n) is 4.97. The summed E-state index contributed by atoms with van der Waals surface area (Å²) >= 11 is 2.82. The second-order valence-corrected chi connectivity index (χ2v) is 5.82. The van der Waals surface area contributed by atoms with Crippen molar-refractivity contribution in [3.8, 4) is 5.75 Å². The third kappa shape index (κ3) is 5.58. The molecule has 0 radical (unpaired) electrons. The lowest BCUT2D eigenvalue weighted by molar-refractivity contribution is -0.138. The lowest BCUT2D eigenvalue weighted by Gasteiger charge is -2.14. The predicted molar refractivity (Wildman–Crippen MR) is 89.3 cm³/mol. The van der Waals surface area contributed by atoms with Crippen LogP contribution < -0.4 is 15.4 Å². The molecule has 26 heavy (non-hydrogen) atoms. The van der Waals surface area contributed by atoms with Crippen LogP contribution in [0.1, 0.15) is 5.56 Å². The number of hydrogen-bond acceptors (Lipinski definition) is 3. The zero-order chi connectivity index (χ0) is 19.3. The van der Waals surface area contributed by atoms with E-state index >= 15 is 0 Å². The van der Waals surface area contributed by atoms with Crippen molar-refractivity contribution in [3.63, 3.8) is 0 Å². The molecule has 2 N–H and O–H groups in total. The van der Waals surface area contributed by atoms with Crippen LogP contribution in [0.4, 0.5) is 33.3 Å². The molecule has 0 bridgehead atoms. The van der Waals surface area contributed by atoms with Crippen LogP contribution in [0.5, 0.6) is 5.75 Å². The summed E-state index contributed by atoms with van der Waals surface area (Å²) in [7, 11) is 0. The van der Waals surface area contributed by atoms with E-state index in [0.717, 1.165) is 6.07 Å². The van der Waals surface area contributed by atoms with Crippen LogP contribution >= 0.6 is 15.9 Å². The van der Waals surface area contributed by atoms with Gasteiger partial charge in [0.25, 0.3) is 0 Å². The van der Waals surface area contributed by atoms with Crippen molar-refractivity contribution in [1.29, 1.82) is 0 Å². The first-order chi connectivity index (χ1) is 12.2. The van der Waals surface area contributed by atoms with Crippen LogP contribution in [0.3, 0.4) is 0 Å². The molecule has 0 saturated carbocycles. The minimum absolute atomic E-state index is 0.0198. The van der Waals surface area contributed by atoms with Gasteiger partial charge < -0.3 is 15.4 Å². The van der Waals surface area contributed by atoms with Gasteiger partial charge in [0.05, 0.1) is 17.8 Å². The Balaban J connectivity index is 2.02. The number of amides is 1. The highest BCUT2D eigenvalue weighted by molar-refractivity contribution is 9.10. The van der Waals surface area contributed by atoms with Crippen LogP contribution in [0, 0.1) is 0 Å². The third-order valence-electron chi connectivity index (χ3n) is 3.10. The third-order valence-corrected chi connectivity index (χ3v) is 3.79. The van der Waals surface area contributed by atoms with Crippen molar-refractivity contribution < 1.29 is 31.5 Å². The van der Waals surface area contributed by atoms with E-state index in [9.17, 15) is 26.7 Å². The van der Waals surface area contributed by atoms with Crippen LogP contribution in [0.25, 0.3) is 0 Å². The number of hydrogen-bond donors (Lipinski definition) is 2. The maximum Gasteiger partial charge on any atom is 0.417 e. The van der Waals surface area contributed by atoms with E-state index < -0.39 is 24.3 Å². The van der Waals surface area contributed by atoms with Crippen molar-refractivity contribution in [3.05, 3.63) is 52.5 Å². The lowest BCUT2D eigenvalue weighted by Crippen LogP contribution is -2.22. The first-order valence-electron chi connectivity index (χ1n) is 7.11. The molecule has 2 aromatic carbocycles. The van der Waals surface area contributed by atoms with Gasteiger partial charge in [0.2, 0.25) is 5.91 Å². The Hall–Kier alpha value is -2.36. The van der Waals surface area contributed by atoms with Gasteiger partial charge in [-0.15, -0.1) is 0 Å². The Morgan fingerprint density at radius 2 is 1.85 bits per heavy atom. The number of para-hydroxylation sites is 2. The van der Waals surface area contributed by atoms with Gasteiger partial charge in [-0.05, 0) is 30.3 Å².